The summed E-state index contributed by atoms with van der Waals surface area (Å²) < 4.78 is 54.7. The molecule has 0 radical (unpaired) electrons. The molecule has 2 aromatic rings. The van der Waals surface area contributed by atoms with Gasteiger partial charge in [0.15, 0.2) is 11.4 Å². The Morgan fingerprint density at radius 3 is 2.79 bits per heavy atom. The number of carbonyl (C=O) groups excluding carboxylic acids is 1. The lowest BCUT2D eigenvalue weighted by molar-refractivity contribution is -0.254. The predicted octanol–water partition coefficient (Wildman–Crippen LogP) is 3.09. The van der Waals surface area contributed by atoms with E-state index >= 15 is 4.39 Å². The molecule has 4 heterocycles. The molecular weight excluding hydrogens is 452 g/mol. The van der Waals surface area contributed by atoms with Crippen LogP contribution in [0.3, 0.4) is 0 Å². The summed E-state index contributed by atoms with van der Waals surface area (Å²) in [5.41, 5.74) is -0.531. The highest BCUT2D eigenvalue weighted by atomic mass is 19.4. The molecule has 0 saturated carbocycles. The van der Waals surface area contributed by atoms with Crippen LogP contribution in [-0.4, -0.2) is 69.8 Å². The van der Waals surface area contributed by atoms with Crippen LogP contribution in [0, 0.1) is 5.82 Å². The summed E-state index contributed by atoms with van der Waals surface area (Å²) in [5, 5.41) is 13.2. The smallest absolute Gasteiger partial charge is 0.379 e. The molecule has 2 atom stereocenters. The minimum Gasteiger partial charge on any atom is -0.379 e. The molecule has 2 N–H and O–H groups in total. The number of aromatic nitrogens is 1. The minimum atomic E-state index is -4.73. The Balaban J connectivity index is 1.35. The first-order valence-corrected chi connectivity index (χ1v) is 11.5. The van der Waals surface area contributed by atoms with Gasteiger partial charge in [0.2, 0.25) is 0 Å². The average molecular weight is 478 g/mol. The maximum atomic E-state index is 15.4. The van der Waals surface area contributed by atoms with Crippen molar-refractivity contribution in [3.63, 3.8) is 0 Å². The lowest BCUT2D eigenvalue weighted by atomic mass is 10.0. The van der Waals surface area contributed by atoms with Gasteiger partial charge in [0.05, 0.1) is 0 Å². The molecule has 1 amide bonds. The monoisotopic (exact) mass is 478 g/mol. The molecule has 0 spiro atoms. The second-order valence-corrected chi connectivity index (χ2v) is 9.43. The first-order valence-electron chi connectivity index (χ1n) is 11.5. The number of likely N-dealkylation sites (tertiary alicyclic amines) is 1. The van der Waals surface area contributed by atoms with Gasteiger partial charge in [-0.05, 0) is 49.6 Å². The number of β-amino-alcohol motifs (C(OH)–C–C–N with tert-alkyl or cyclic N) is 1. The number of nitrogens with zero attached hydrogens (tertiary/aromatic N) is 3. The highest BCUT2D eigenvalue weighted by Gasteiger charge is 2.56. The summed E-state index contributed by atoms with van der Waals surface area (Å²) in [7, 11) is 0. The number of halogens is 4. The van der Waals surface area contributed by atoms with E-state index in [0.717, 1.165) is 31.5 Å². The summed E-state index contributed by atoms with van der Waals surface area (Å²) in [6, 6.07) is 6.70. The number of amides is 1. The van der Waals surface area contributed by atoms with Crippen molar-refractivity contribution in [1.82, 2.24) is 20.1 Å². The van der Waals surface area contributed by atoms with Crippen LogP contribution in [0.2, 0.25) is 0 Å². The van der Waals surface area contributed by atoms with Crippen molar-refractivity contribution in [3.05, 3.63) is 53.0 Å². The molecule has 182 valence electrons. The van der Waals surface area contributed by atoms with E-state index in [4.69, 9.17) is 0 Å². The Morgan fingerprint density at radius 1 is 1.26 bits per heavy atom. The fourth-order valence-corrected chi connectivity index (χ4v) is 5.17. The largest absolute Gasteiger partial charge is 0.418 e. The fourth-order valence-electron chi connectivity index (χ4n) is 5.17. The molecule has 0 bridgehead atoms. The summed E-state index contributed by atoms with van der Waals surface area (Å²) in [6.45, 7) is 1.51. The van der Waals surface area contributed by atoms with Crippen LogP contribution in [0.25, 0.3) is 11.3 Å². The topological polar surface area (TPSA) is 68.7 Å². The Morgan fingerprint density at radius 2 is 2.09 bits per heavy atom. The summed E-state index contributed by atoms with van der Waals surface area (Å²) >= 11 is 0. The van der Waals surface area contributed by atoms with E-state index in [-0.39, 0.29) is 36.3 Å². The number of piperidine rings is 1. The van der Waals surface area contributed by atoms with Crippen molar-refractivity contribution < 1.29 is 27.5 Å². The van der Waals surface area contributed by atoms with Gasteiger partial charge in [-0.1, -0.05) is 6.07 Å². The number of alkyl halides is 3. The number of carbonyl (C=O) groups is 1. The predicted molar refractivity (Wildman–Crippen MR) is 116 cm³/mol. The standard InChI is InChI=1S/C24H26F4N4O2/c25-20-16(12-31-9-6-23(34,14-31)24(26,27)28)5-8-30-21(20)15-3-4-19-17(10-15)13-32(22(19)33)18-2-1-7-29-11-18/h3-5,8,10,18,29,34H,1-2,6-7,9,11-14H2. The van der Waals surface area contributed by atoms with Crippen LogP contribution >= 0.6 is 0 Å². The van der Waals surface area contributed by atoms with Gasteiger partial charge in [-0.3, -0.25) is 14.7 Å². The molecule has 2 fully saturated rings. The van der Waals surface area contributed by atoms with E-state index in [1.165, 1.54) is 17.2 Å². The molecular formula is C24H26F4N4O2. The first kappa shape index (κ1) is 23.2. The molecule has 2 unspecified atom stereocenters. The van der Waals surface area contributed by atoms with Crippen LogP contribution in [0.15, 0.2) is 30.5 Å². The minimum absolute atomic E-state index is 0.0138. The van der Waals surface area contributed by atoms with Crippen LogP contribution in [0.5, 0.6) is 0 Å². The molecule has 0 aliphatic carbocycles. The maximum absolute atomic E-state index is 15.4. The molecule has 1 aromatic heterocycles. The van der Waals surface area contributed by atoms with Crippen LogP contribution in [-0.2, 0) is 13.1 Å². The molecule has 5 rings (SSSR count). The fraction of sp³-hybridized carbons (Fsp3) is 0.500. The van der Waals surface area contributed by atoms with Crippen molar-refractivity contribution in [3.8, 4) is 11.3 Å². The van der Waals surface area contributed by atoms with Gasteiger partial charge in [-0.25, -0.2) is 4.39 Å². The van der Waals surface area contributed by atoms with E-state index < -0.39 is 30.6 Å². The molecule has 3 aliphatic heterocycles. The molecule has 2 saturated heterocycles. The Hall–Kier alpha value is -2.56. The lowest BCUT2D eigenvalue weighted by Crippen LogP contribution is -2.47. The van der Waals surface area contributed by atoms with E-state index in [9.17, 15) is 23.1 Å². The van der Waals surface area contributed by atoms with Crippen molar-refractivity contribution >= 4 is 5.91 Å². The van der Waals surface area contributed by atoms with Crippen LogP contribution in [0.4, 0.5) is 17.6 Å². The zero-order chi connectivity index (χ0) is 24.1. The number of fused-ring (bicyclic) bond motifs is 1. The normalized spacial score (nSPS) is 25.7. The Kier molecular flexibility index (Phi) is 5.86. The van der Waals surface area contributed by atoms with Gasteiger partial charge in [0.25, 0.3) is 5.91 Å². The lowest BCUT2D eigenvalue weighted by Gasteiger charge is -2.31. The molecule has 1 aromatic carbocycles. The second-order valence-electron chi connectivity index (χ2n) is 9.43. The number of nitrogens with one attached hydrogen (secondary N) is 1. The van der Waals surface area contributed by atoms with Gasteiger partial charge in [0, 0.05) is 61.7 Å². The third-order valence-electron chi connectivity index (χ3n) is 7.14. The van der Waals surface area contributed by atoms with E-state index in [2.05, 4.69) is 10.3 Å². The van der Waals surface area contributed by atoms with E-state index in [0.29, 0.717) is 17.7 Å². The van der Waals surface area contributed by atoms with Gasteiger partial charge >= 0.3 is 6.18 Å². The molecule has 34 heavy (non-hydrogen) atoms. The Labute approximate surface area is 194 Å². The van der Waals surface area contributed by atoms with Gasteiger partial charge < -0.3 is 15.3 Å². The van der Waals surface area contributed by atoms with Gasteiger partial charge in [-0.15, -0.1) is 0 Å². The van der Waals surface area contributed by atoms with Crippen LogP contribution in [0.1, 0.15) is 40.7 Å². The third-order valence-corrected chi connectivity index (χ3v) is 7.14. The van der Waals surface area contributed by atoms with Crippen molar-refractivity contribution in [2.75, 3.05) is 26.2 Å². The first-order chi connectivity index (χ1) is 16.2. The molecule has 10 heteroatoms. The maximum Gasteiger partial charge on any atom is 0.418 e. The number of hydrogen-bond acceptors (Lipinski definition) is 5. The number of hydrogen-bond donors (Lipinski definition) is 2. The summed E-state index contributed by atoms with van der Waals surface area (Å²) in [4.78, 5) is 20.3. The summed E-state index contributed by atoms with van der Waals surface area (Å²) in [5.74, 6) is -0.633. The zero-order valence-electron chi connectivity index (χ0n) is 18.5. The van der Waals surface area contributed by atoms with Gasteiger partial charge in [0.1, 0.15) is 5.69 Å². The van der Waals surface area contributed by atoms with Gasteiger partial charge in [-0.2, -0.15) is 13.2 Å². The SMILES string of the molecule is O=C1c2ccc(-c3nccc(CN4CCC(O)(C(F)(F)F)C4)c3F)cc2CN1C1CCCNC1. The van der Waals surface area contributed by atoms with Crippen LogP contribution < -0.4 is 5.32 Å². The summed E-state index contributed by atoms with van der Waals surface area (Å²) in [6.07, 6.45) is -1.79. The quantitative estimate of drug-likeness (QED) is 0.662. The number of benzene rings is 1. The molecule has 3 aliphatic rings. The average Bonchev–Trinajstić information content (AvgIpc) is 3.36. The number of aliphatic hydroxyl groups is 1. The Bertz CT molecular complexity index is 1100. The highest BCUT2D eigenvalue weighted by molar-refractivity contribution is 5.99. The number of pyridine rings is 1. The third kappa shape index (κ3) is 4.08. The zero-order valence-corrected chi connectivity index (χ0v) is 18.5. The van der Waals surface area contributed by atoms with Crippen molar-refractivity contribution in [2.45, 2.75) is 50.2 Å². The van der Waals surface area contributed by atoms with E-state index in [1.807, 2.05) is 4.90 Å². The van der Waals surface area contributed by atoms with Crippen molar-refractivity contribution in [1.29, 1.82) is 0 Å². The highest BCUT2D eigenvalue weighted by Crippen LogP contribution is 2.38. The number of rotatable bonds is 4. The molecule has 6 nitrogen and oxygen atoms in total. The van der Waals surface area contributed by atoms with Crippen molar-refractivity contribution in [2.24, 2.45) is 0 Å². The van der Waals surface area contributed by atoms with E-state index in [1.54, 1.807) is 18.2 Å². The second kappa shape index (κ2) is 8.58.